The topological polar surface area (TPSA) is 19.9 Å². The van der Waals surface area contributed by atoms with Gasteiger partial charge in [0.05, 0.1) is 0 Å². The van der Waals surface area contributed by atoms with E-state index in [9.17, 15) is 5.11 Å². The second kappa shape index (κ2) is 2.70. The summed E-state index contributed by atoms with van der Waals surface area (Å²) in [7, 11) is 0. The Bertz CT molecular complexity index is 20.9. The Kier molecular flexibility index (Phi) is 2.96. The average molecular weight is 137 g/mol. The van der Waals surface area contributed by atoms with Crippen molar-refractivity contribution in [1.82, 2.24) is 0 Å². The third-order valence-corrected chi connectivity index (χ3v) is 1.22. The first-order valence-electron chi connectivity index (χ1n) is 1.51. The van der Waals surface area contributed by atoms with Crippen LogP contribution >= 0.6 is 0 Å². The molecule has 1 atom stereocenters. The summed E-state index contributed by atoms with van der Waals surface area (Å²) in [4.78, 5) is 0. The monoisotopic (exact) mass is 138 g/mol. The van der Waals surface area contributed by atoms with Crippen LogP contribution in [0.5, 0.6) is 0 Å². The third-order valence-electron chi connectivity index (χ3n) is 0.235. The van der Waals surface area contributed by atoms with Crippen molar-refractivity contribution < 1.29 is 5.11 Å². The average Bonchev–Trinajstić information content (AvgIpc) is 1.38. The molecule has 0 saturated carbocycles. The van der Waals surface area contributed by atoms with Gasteiger partial charge in [0.2, 0.25) is 0 Å². The fraction of sp³-hybridized carbons (Fsp3) is 1.00. The van der Waals surface area contributed by atoms with Crippen LogP contribution in [-0.2, 0) is 5.11 Å². The van der Waals surface area contributed by atoms with Gasteiger partial charge in [0, 0.05) is 0 Å². The molecule has 0 aliphatic carbocycles. The van der Waals surface area contributed by atoms with Gasteiger partial charge in [-0.1, -0.05) is 0 Å². The van der Waals surface area contributed by atoms with Gasteiger partial charge in [0.15, 0.2) is 0 Å². The van der Waals surface area contributed by atoms with E-state index >= 15 is 0 Å². The summed E-state index contributed by atoms with van der Waals surface area (Å²) in [6.07, 6.45) is -0.421. The Morgan fingerprint density at radius 2 is 2.20 bits per heavy atom. The summed E-state index contributed by atoms with van der Waals surface area (Å²) in [6.45, 7) is 1.64. The van der Waals surface area contributed by atoms with E-state index in [1.807, 2.05) is 0 Å². The molecule has 0 bridgehead atoms. The molecule has 0 aliphatic heterocycles. The van der Waals surface area contributed by atoms with Crippen LogP contribution in [0.25, 0.3) is 0 Å². The van der Waals surface area contributed by atoms with Gasteiger partial charge in [-0.15, -0.1) is 0 Å². The summed E-state index contributed by atoms with van der Waals surface area (Å²) in [6, 6.07) is 0. The van der Waals surface area contributed by atoms with Gasteiger partial charge in [-0.3, -0.25) is 0 Å². The zero-order valence-electron chi connectivity index (χ0n) is 3.10. The van der Waals surface area contributed by atoms with Crippen LogP contribution in [0.15, 0.2) is 0 Å². The third kappa shape index (κ3) is 4.48. The van der Waals surface area contributed by atoms with Crippen LogP contribution in [0.2, 0.25) is 5.32 Å². The second-order valence-electron chi connectivity index (χ2n) is 0.977. The molecule has 0 saturated heterocycles. The van der Waals surface area contributed by atoms with Crippen LogP contribution in [0.1, 0.15) is 6.92 Å². The van der Waals surface area contributed by atoms with Crippen molar-refractivity contribution in [2.24, 2.45) is 0 Å². The maximum absolute atomic E-state index is 9.86. The van der Waals surface area contributed by atoms with Crippen molar-refractivity contribution in [3.8, 4) is 0 Å². The fourth-order valence-electron chi connectivity index (χ4n) is 0. The van der Waals surface area contributed by atoms with Gasteiger partial charge in [0.25, 0.3) is 0 Å². The number of hydrogen-bond donors (Lipinski definition) is 0. The molecule has 1 nitrogen and oxygen atoms in total. The summed E-state index contributed by atoms with van der Waals surface area (Å²) in [5.41, 5.74) is 0. The summed E-state index contributed by atoms with van der Waals surface area (Å²) < 4.78 is 0. The molecule has 0 amide bonds. The Labute approximate surface area is 40.2 Å². The van der Waals surface area contributed by atoms with Gasteiger partial charge < -0.3 is 0 Å². The molecule has 30 valence electrons. The molecular formula is C3H6OSe. The minimum atomic E-state index is -0.421. The molecule has 2 heteroatoms. The van der Waals surface area contributed by atoms with Gasteiger partial charge in [-0.2, -0.15) is 0 Å². The molecule has 0 rings (SSSR count). The molecule has 0 spiro atoms. The number of hydrogen-bond acceptors (Lipinski definition) is 0. The van der Waals surface area contributed by atoms with Crippen LogP contribution in [0.3, 0.4) is 0 Å². The maximum atomic E-state index is 9.86. The molecule has 2 radical (unpaired) electrons. The predicted octanol–water partition coefficient (Wildman–Crippen LogP) is 0.392. The Morgan fingerprint density at radius 3 is 2.20 bits per heavy atom. The van der Waals surface area contributed by atoms with Gasteiger partial charge in [-0.25, -0.2) is 0 Å². The van der Waals surface area contributed by atoms with Crippen molar-refractivity contribution >= 4 is 16.0 Å². The van der Waals surface area contributed by atoms with E-state index < -0.39 is 6.10 Å². The standard InChI is InChI=1S/C3H6OSe/c1-3(4)2-5/h3H,2H2,1H3. The summed E-state index contributed by atoms with van der Waals surface area (Å²) in [5.74, 6) is 0. The van der Waals surface area contributed by atoms with Crippen molar-refractivity contribution in [1.29, 1.82) is 0 Å². The first kappa shape index (κ1) is 5.48. The van der Waals surface area contributed by atoms with E-state index in [0.717, 1.165) is 0 Å². The molecule has 5 heavy (non-hydrogen) atoms. The molecule has 0 aromatic heterocycles. The quantitative estimate of drug-likeness (QED) is 0.466. The van der Waals surface area contributed by atoms with E-state index in [1.54, 1.807) is 6.92 Å². The minimum absolute atomic E-state index is 0.421. The molecule has 0 aromatic carbocycles. The van der Waals surface area contributed by atoms with Crippen LogP contribution in [0, 0.1) is 0 Å². The Hall–Kier alpha value is 0.479. The summed E-state index contributed by atoms with van der Waals surface area (Å²) >= 11 is 2.63. The fourth-order valence-corrected chi connectivity index (χ4v) is 0. The van der Waals surface area contributed by atoms with Gasteiger partial charge >= 0.3 is 39.5 Å². The molecule has 0 aliphatic rings. The van der Waals surface area contributed by atoms with Crippen molar-refractivity contribution in [3.63, 3.8) is 0 Å². The zero-order valence-corrected chi connectivity index (χ0v) is 4.81. The molecule has 1 unspecified atom stereocenters. The van der Waals surface area contributed by atoms with Crippen molar-refractivity contribution in [2.75, 3.05) is 0 Å². The first-order valence-corrected chi connectivity index (χ1v) is 2.72. The van der Waals surface area contributed by atoms with Crippen LogP contribution in [-0.4, -0.2) is 22.1 Å². The predicted molar refractivity (Wildman–Crippen MR) is 20.7 cm³/mol. The van der Waals surface area contributed by atoms with Crippen LogP contribution in [0.4, 0.5) is 0 Å². The first-order chi connectivity index (χ1) is 2.27. The Morgan fingerprint density at radius 1 is 2.00 bits per heavy atom. The van der Waals surface area contributed by atoms with Crippen molar-refractivity contribution in [2.45, 2.75) is 18.3 Å². The van der Waals surface area contributed by atoms with E-state index in [-0.39, 0.29) is 0 Å². The second-order valence-corrected chi connectivity index (χ2v) is 1.68. The molecule has 0 heterocycles. The van der Waals surface area contributed by atoms with E-state index in [1.165, 1.54) is 0 Å². The molecule has 0 aromatic rings. The summed E-state index contributed by atoms with van der Waals surface area (Å²) in [5, 5.41) is 10.5. The van der Waals surface area contributed by atoms with Gasteiger partial charge in [0.1, 0.15) is 0 Å². The van der Waals surface area contributed by atoms with E-state index in [4.69, 9.17) is 0 Å². The SMILES string of the molecule is CC([O])C[Se]. The number of rotatable bonds is 1. The molecule has 0 N–H and O–H groups in total. The van der Waals surface area contributed by atoms with Crippen molar-refractivity contribution in [3.05, 3.63) is 0 Å². The van der Waals surface area contributed by atoms with Gasteiger partial charge in [-0.05, 0) is 0 Å². The van der Waals surface area contributed by atoms with Crippen LogP contribution < -0.4 is 0 Å². The Balaban J connectivity index is 2.54. The zero-order chi connectivity index (χ0) is 4.28. The molecular weight excluding hydrogens is 131 g/mol. The normalized spacial score (nSPS) is 15.0. The molecule has 0 fully saturated rings. The van der Waals surface area contributed by atoms with E-state index in [0.29, 0.717) is 5.32 Å². The van der Waals surface area contributed by atoms with E-state index in [2.05, 4.69) is 16.0 Å².